The van der Waals surface area contributed by atoms with E-state index in [1.807, 2.05) is 9.58 Å². The number of fused-ring (bicyclic) bond motifs is 1. The average molecular weight is 377 g/mol. The molecular formula is C20H32N4O3. The van der Waals surface area contributed by atoms with Gasteiger partial charge >= 0.3 is 0 Å². The Hall–Kier alpha value is -1.44. The van der Waals surface area contributed by atoms with Crippen molar-refractivity contribution in [3.8, 4) is 0 Å². The number of hydrogen-bond acceptors (Lipinski definition) is 5. The van der Waals surface area contributed by atoms with Gasteiger partial charge in [0.25, 0.3) is 5.91 Å². The fraction of sp³-hybridized carbons (Fsp3) is 0.800. The zero-order chi connectivity index (χ0) is 18.6. The first-order valence-corrected chi connectivity index (χ1v) is 10.4. The summed E-state index contributed by atoms with van der Waals surface area (Å²) in [6.45, 7) is 6.84. The fourth-order valence-corrected chi connectivity index (χ4v) is 4.70. The smallest absolute Gasteiger partial charge is 0.272 e. The number of aryl methyl sites for hydroxylation is 1. The molecule has 0 bridgehead atoms. The molecule has 0 aromatic carbocycles. The van der Waals surface area contributed by atoms with Crippen LogP contribution < -0.4 is 0 Å². The second-order valence-electron chi connectivity index (χ2n) is 7.99. The minimum atomic E-state index is 0.0976. The molecule has 0 spiro atoms. The molecule has 3 aliphatic rings. The van der Waals surface area contributed by atoms with Crippen LogP contribution in [0.25, 0.3) is 0 Å². The van der Waals surface area contributed by atoms with Gasteiger partial charge in [0.15, 0.2) is 0 Å². The minimum absolute atomic E-state index is 0.0976. The molecule has 7 nitrogen and oxygen atoms in total. The summed E-state index contributed by atoms with van der Waals surface area (Å²) in [6, 6.07) is 2.71. The van der Waals surface area contributed by atoms with E-state index in [0.29, 0.717) is 25.1 Å². The van der Waals surface area contributed by atoms with Crippen LogP contribution in [0.3, 0.4) is 0 Å². The van der Waals surface area contributed by atoms with Gasteiger partial charge in [-0.1, -0.05) is 0 Å². The monoisotopic (exact) mass is 376 g/mol. The maximum atomic E-state index is 12.9. The molecule has 150 valence electrons. The lowest BCUT2D eigenvalue weighted by Gasteiger charge is -2.39. The Morgan fingerprint density at radius 1 is 1.19 bits per heavy atom. The molecule has 1 unspecified atom stereocenters. The standard InChI is InChI=1S/C20H32N4O3/c1-26-13-10-22-8-3-9-24-19(20(22)25)14-18(21-24)16-4-2-7-23(15-16)17-5-11-27-12-6-17/h14,16-17H,2-13,15H2,1H3. The number of nitrogens with zero attached hydrogens (tertiary/aromatic N) is 4. The lowest BCUT2D eigenvalue weighted by atomic mass is 9.92. The summed E-state index contributed by atoms with van der Waals surface area (Å²) in [5.41, 5.74) is 1.85. The van der Waals surface area contributed by atoms with E-state index >= 15 is 0 Å². The van der Waals surface area contributed by atoms with Gasteiger partial charge in [-0.05, 0) is 44.7 Å². The van der Waals surface area contributed by atoms with Crippen molar-refractivity contribution in [2.75, 3.05) is 53.1 Å². The molecular weight excluding hydrogens is 344 g/mol. The number of carbonyl (C=O) groups is 1. The highest BCUT2D eigenvalue weighted by atomic mass is 16.5. The molecule has 0 saturated carbocycles. The van der Waals surface area contributed by atoms with E-state index in [1.165, 1.54) is 13.0 Å². The van der Waals surface area contributed by atoms with E-state index in [0.717, 1.165) is 69.9 Å². The maximum absolute atomic E-state index is 12.9. The molecule has 1 aromatic rings. The van der Waals surface area contributed by atoms with E-state index in [4.69, 9.17) is 14.6 Å². The molecule has 2 saturated heterocycles. The first kappa shape index (κ1) is 18.9. The SMILES string of the molecule is COCCN1CCCn2nc(C3CCCN(C4CCOCC4)C3)cc2C1=O. The van der Waals surface area contributed by atoms with Crippen molar-refractivity contribution in [1.82, 2.24) is 19.6 Å². The molecule has 4 heterocycles. The Morgan fingerprint density at radius 3 is 2.85 bits per heavy atom. The van der Waals surface area contributed by atoms with E-state index < -0.39 is 0 Å². The molecule has 2 fully saturated rings. The third-order valence-corrected chi connectivity index (χ3v) is 6.25. The van der Waals surface area contributed by atoms with Crippen LogP contribution >= 0.6 is 0 Å². The molecule has 4 rings (SSSR count). The summed E-state index contributed by atoms with van der Waals surface area (Å²) in [7, 11) is 1.68. The van der Waals surface area contributed by atoms with Crippen molar-refractivity contribution in [1.29, 1.82) is 0 Å². The molecule has 0 radical (unpaired) electrons. The van der Waals surface area contributed by atoms with Crippen LogP contribution in [0.15, 0.2) is 6.07 Å². The van der Waals surface area contributed by atoms with Crippen molar-refractivity contribution in [2.45, 2.75) is 50.6 Å². The molecule has 1 atom stereocenters. The van der Waals surface area contributed by atoms with Gasteiger partial charge in [-0.15, -0.1) is 0 Å². The predicted octanol–water partition coefficient (Wildman–Crippen LogP) is 1.73. The molecule has 3 aliphatic heterocycles. The van der Waals surface area contributed by atoms with Gasteiger partial charge in [0.05, 0.1) is 12.3 Å². The number of likely N-dealkylation sites (tertiary alicyclic amines) is 1. The lowest BCUT2D eigenvalue weighted by molar-refractivity contribution is 0.0237. The quantitative estimate of drug-likeness (QED) is 0.783. The molecule has 0 N–H and O–H groups in total. The third kappa shape index (κ3) is 4.20. The number of piperidine rings is 1. The van der Waals surface area contributed by atoms with Gasteiger partial charge in [-0.2, -0.15) is 5.10 Å². The summed E-state index contributed by atoms with van der Waals surface area (Å²) in [4.78, 5) is 17.5. The molecule has 1 aromatic heterocycles. The van der Waals surface area contributed by atoms with Gasteiger partial charge < -0.3 is 14.4 Å². The highest BCUT2D eigenvalue weighted by Crippen LogP contribution is 2.30. The Bertz CT molecular complexity index is 641. The fourth-order valence-electron chi connectivity index (χ4n) is 4.70. The Kier molecular flexibility index (Phi) is 6.10. The Labute approximate surface area is 161 Å². The topological polar surface area (TPSA) is 59.8 Å². The van der Waals surface area contributed by atoms with Crippen LogP contribution in [0, 0.1) is 0 Å². The summed E-state index contributed by atoms with van der Waals surface area (Å²) in [5, 5.41) is 4.87. The highest BCUT2D eigenvalue weighted by molar-refractivity contribution is 5.93. The maximum Gasteiger partial charge on any atom is 0.272 e. The normalized spacial score (nSPS) is 25.4. The van der Waals surface area contributed by atoms with Crippen LogP contribution in [0.1, 0.15) is 54.2 Å². The van der Waals surface area contributed by atoms with Gasteiger partial charge in [0.1, 0.15) is 5.69 Å². The predicted molar refractivity (Wildman–Crippen MR) is 102 cm³/mol. The van der Waals surface area contributed by atoms with Gasteiger partial charge in [0.2, 0.25) is 0 Å². The number of carbonyl (C=O) groups excluding carboxylic acids is 1. The van der Waals surface area contributed by atoms with Crippen molar-refractivity contribution >= 4 is 5.91 Å². The van der Waals surface area contributed by atoms with E-state index in [1.54, 1.807) is 7.11 Å². The highest BCUT2D eigenvalue weighted by Gasteiger charge is 2.31. The first-order chi connectivity index (χ1) is 13.3. The van der Waals surface area contributed by atoms with Crippen LogP contribution in [0.2, 0.25) is 0 Å². The van der Waals surface area contributed by atoms with Gasteiger partial charge in [0, 0.05) is 58.5 Å². The molecule has 7 heteroatoms. The summed E-state index contributed by atoms with van der Waals surface area (Å²) >= 11 is 0. The molecule has 1 amide bonds. The van der Waals surface area contributed by atoms with Gasteiger partial charge in [-0.25, -0.2) is 0 Å². The second-order valence-corrected chi connectivity index (χ2v) is 7.99. The Balaban J connectivity index is 1.47. The summed E-state index contributed by atoms with van der Waals surface area (Å²) < 4.78 is 12.6. The lowest BCUT2D eigenvalue weighted by Crippen LogP contribution is -2.44. The zero-order valence-electron chi connectivity index (χ0n) is 16.4. The number of amides is 1. The number of methoxy groups -OCH3 is 1. The van der Waals surface area contributed by atoms with E-state index in [2.05, 4.69) is 11.0 Å². The van der Waals surface area contributed by atoms with E-state index in [-0.39, 0.29) is 5.91 Å². The minimum Gasteiger partial charge on any atom is -0.383 e. The van der Waals surface area contributed by atoms with Crippen molar-refractivity contribution < 1.29 is 14.3 Å². The van der Waals surface area contributed by atoms with Crippen molar-refractivity contribution in [3.05, 3.63) is 17.5 Å². The number of aromatic nitrogens is 2. The first-order valence-electron chi connectivity index (χ1n) is 10.4. The second kappa shape index (κ2) is 8.71. The molecule has 0 aliphatic carbocycles. The van der Waals surface area contributed by atoms with Crippen LogP contribution in [-0.2, 0) is 16.0 Å². The largest absolute Gasteiger partial charge is 0.383 e. The number of hydrogen-bond donors (Lipinski definition) is 0. The van der Waals surface area contributed by atoms with Crippen molar-refractivity contribution in [2.24, 2.45) is 0 Å². The van der Waals surface area contributed by atoms with Gasteiger partial charge in [-0.3, -0.25) is 14.4 Å². The zero-order valence-corrected chi connectivity index (χ0v) is 16.4. The number of ether oxygens (including phenoxy) is 2. The average Bonchev–Trinajstić information content (AvgIpc) is 3.09. The third-order valence-electron chi connectivity index (χ3n) is 6.25. The van der Waals surface area contributed by atoms with Crippen LogP contribution in [0.4, 0.5) is 0 Å². The van der Waals surface area contributed by atoms with Crippen LogP contribution in [0.5, 0.6) is 0 Å². The Morgan fingerprint density at radius 2 is 2.04 bits per heavy atom. The molecule has 27 heavy (non-hydrogen) atoms. The number of rotatable bonds is 5. The van der Waals surface area contributed by atoms with Crippen LogP contribution in [-0.4, -0.2) is 84.6 Å². The van der Waals surface area contributed by atoms with Crippen molar-refractivity contribution in [3.63, 3.8) is 0 Å². The summed E-state index contributed by atoms with van der Waals surface area (Å²) in [5.74, 6) is 0.529. The van der Waals surface area contributed by atoms with E-state index in [9.17, 15) is 4.79 Å². The summed E-state index contributed by atoms with van der Waals surface area (Å²) in [6.07, 6.45) is 5.59.